The number of hydrogen-bond acceptors (Lipinski definition) is 3. The topological polar surface area (TPSA) is 36.4 Å². The molecule has 0 spiro atoms. The zero-order valence-corrected chi connectivity index (χ0v) is 14.8. The van der Waals surface area contributed by atoms with Gasteiger partial charge in [0.05, 0.1) is 0 Å². The molecule has 0 fully saturated rings. The monoisotopic (exact) mass is 303 g/mol. The lowest BCUT2D eigenvalue weighted by Gasteiger charge is -2.35. The lowest BCUT2D eigenvalue weighted by molar-refractivity contribution is -0.139. The first-order valence-electron chi connectivity index (χ1n) is 8.25. The van der Waals surface area contributed by atoms with E-state index in [4.69, 9.17) is 0 Å². The maximum absolute atomic E-state index is 12.9. The van der Waals surface area contributed by atoms with Gasteiger partial charge in [0, 0.05) is 44.9 Å². The number of carbonyl (C=O) groups is 1. The SMILES string of the molecule is CC(C)C(C(=O)N1CCc2c(ccnc2N(C)C)C1)C(C)C. The van der Waals surface area contributed by atoms with E-state index in [2.05, 4.69) is 43.6 Å². The molecular formula is C18H29N3O. The number of pyridine rings is 1. The minimum Gasteiger partial charge on any atom is -0.363 e. The predicted octanol–water partition coefficient (Wildman–Crippen LogP) is 2.96. The van der Waals surface area contributed by atoms with Gasteiger partial charge in [-0.05, 0) is 29.9 Å². The van der Waals surface area contributed by atoms with Gasteiger partial charge in [-0.1, -0.05) is 27.7 Å². The second-order valence-corrected chi connectivity index (χ2v) is 7.19. The fraction of sp³-hybridized carbons (Fsp3) is 0.667. The molecule has 1 aromatic rings. The first-order valence-corrected chi connectivity index (χ1v) is 8.25. The Hall–Kier alpha value is -1.58. The van der Waals surface area contributed by atoms with Crippen molar-refractivity contribution in [1.82, 2.24) is 9.88 Å². The Kier molecular flexibility index (Phi) is 5.09. The number of aromatic nitrogens is 1. The van der Waals surface area contributed by atoms with Gasteiger partial charge in [0.2, 0.25) is 5.91 Å². The van der Waals surface area contributed by atoms with E-state index >= 15 is 0 Å². The molecule has 22 heavy (non-hydrogen) atoms. The highest BCUT2D eigenvalue weighted by molar-refractivity contribution is 5.79. The number of nitrogens with zero attached hydrogens (tertiary/aromatic N) is 3. The van der Waals surface area contributed by atoms with Crippen molar-refractivity contribution >= 4 is 11.7 Å². The van der Waals surface area contributed by atoms with Crippen molar-refractivity contribution in [3.05, 3.63) is 23.4 Å². The van der Waals surface area contributed by atoms with Crippen molar-refractivity contribution < 1.29 is 4.79 Å². The van der Waals surface area contributed by atoms with Crippen LogP contribution in [0.15, 0.2) is 12.3 Å². The van der Waals surface area contributed by atoms with Gasteiger partial charge in [-0.2, -0.15) is 0 Å². The van der Waals surface area contributed by atoms with E-state index in [0.29, 0.717) is 24.3 Å². The van der Waals surface area contributed by atoms with Crippen LogP contribution in [0.5, 0.6) is 0 Å². The molecule has 0 atom stereocenters. The van der Waals surface area contributed by atoms with Crippen molar-refractivity contribution in [2.75, 3.05) is 25.5 Å². The summed E-state index contributed by atoms with van der Waals surface area (Å²) in [4.78, 5) is 21.5. The molecule has 0 unspecified atom stereocenters. The Labute approximate surface area is 134 Å². The van der Waals surface area contributed by atoms with Crippen LogP contribution < -0.4 is 4.90 Å². The van der Waals surface area contributed by atoms with Crippen LogP contribution in [0.4, 0.5) is 5.82 Å². The summed E-state index contributed by atoms with van der Waals surface area (Å²) in [5.41, 5.74) is 2.53. The summed E-state index contributed by atoms with van der Waals surface area (Å²) in [5.74, 6) is 2.21. The minimum absolute atomic E-state index is 0.108. The fourth-order valence-corrected chi connectivity index (χ4v) is 3.60. The molecule has 122 valence electrons. The molecule has 0 saturated carbocycles. The van der Waals surface area contributed by atoms with Gasteiger partial charge in [0.15, 0.2) is 0 Å². The molecule has 1 aliphatic rings. The summed E-state index contributed by atoms with van der Waals surface area (Å²) in [5, 5.41) is 0. The Morgan fingerprint density at radius 1 is 1.23 bits per heavy atom. The number of hydrogen-bond donors (Lipinski definition) is 0. The average Bonchev–Trinajstić information content (AvgIpc) is 2.44. The maximum atomic E-state index is 12.9. The van der Waals surface area contributed by atoms with Crippen molar-refractivity contribution in [1.29, 1.82) is 0 Å². The lowest BCUT2D eigenvalue weighted by Crippen LogP contribution is -2.43. The van der Waals surface area contributed by atoms with E-state index in [-0.39, 0.29) is 5.92 Å². The van der Waals surface area contributed by atoms with E-state index in [9.17, 15) is 4.79 Å². The van der Waals surface area contributed by atoms with E-state index in [1.54, 1.807) is 0 Å². The second-order valence-electron chi connectivity index (χ2n) is 7.19. The summed E-state index contributed by atoms with van der Waals surface area (Å²) >= 11 is 0. The molecule has 0 aromatic carbocycles. The van der Waals surface area contributed by atoms with E-state index in [1.165, 1.54) is 11.1 Å². The highest BCUT2D eigenvalue weighted by Crippen LogP contribution is 2.29. The summed E-state index contributed by atoms with van der Waals surface area (Å²) in [7, 11) is 4.04. The van der Waals surface area contributed by atoms with Crippen LogP contribution in [0.3, 0.4) is 0 Å². The first kappa shape index (κ1) is 16.8. The van der Waals surface area contributed by atoms with Gasteiger partial charge in [0.25, 0.3) is 0 Å². The quantitative estimate of drug-likeness (QED) is 0.858. The molecule has 0 N–H and O–H groups in total. The number of carbonyl (C=O) groups excluding carboxylic acids is 1. The number of fused-ring (bicyclic) bond motifs is 1. The Morgan fingerprint density at radius 2 is 1.86 bits per heavy atom. The van der Waals surface area contributed by atoms with Crippen LogP contribution >= 0.6 is 0 Å². The third-order valence-electron chi connectivity index (χ3n) is 4.58. The van der Waals surface area contributed by atoms with Crippen LogP contribution in [0.1, 0.15) is 38.8 Å². The van der Waals surface area contributed by atoms with Crippen molar-refractivity contribution in [3.63, 3.8) is 0 Å². The molecule has 0 saturated heterocycles. The van der Waals surface area contributed by atoms with Crippen LogP contribution in [0.25, 0.3) is 0 Å². The standard InChI is InChI=1S/C18H29N3O/c1-12(2)16(13(3)4)18(22)21-10-8-15-14(11-21)7-9-19-17(15)20(5)6/h7,9,12-13,16H,8,10-11H2,1-6H3. The van der Waals surface area contributed by atoms with Gasteiger partial charge in [-0.25, -0.2) is 4.98 Å². The number of rotatable bonds is 4. The molecule has 0 radical (unpaired) electrons. The van der Waals surface area contributed by atoms with Gasteiger partial charge in [0.1, 0.15) is 5.82 Å². The molecule has 2 rings (SSSR count). The van der Waals surface area contributed by atoms with Crippen molar-refractivity contribution in [2.45, 2.75) is 40.7 Å². The molecule has 0 aliphatic carbocycles. The van der Waals surface area contributed by atoms with Crippen molar-refractivity contribution in [2.24, 2.45) is 17.8 Å². The maximum Gasteiger partial charge on any atom is 0.226 e. The minimum atomic E-state index is 0.108. The zero-order chi connectivity index (χ0) is 16.4. The molecule has 0 bridgehead atoms. The lowest BCUT2D eigenvalue weighted by atomic mass is 9.84. The van der Waals surface area contributed by atoms with Gasteiger partial charge >= 0.3 is 0 Å². The van der Waals surface area contributed by atoms with E-state index in [0.717, 1.165) is 18.8 Å². The molecule has 4 heteroatoms. The predicted molar refractivity (Wildman–Crippen MR) is 90.9 cm³/mol. The van der Waals surface area contributed by atoms with Gasteiger partial charge < -0.3 is 9.80 Å². The molecule has 1 aromatic heterocycles. The molecule has 1 amide bonds. The number of anilines is 1. The first-order chi connectivity index (χ1) is 10.3. The van der Waals surface area contributed by atoms with Crippen LogP contribution in [-0.2, 0) is 17.8 Å². The van der Waals surface area contributed by atoms with E-state index < -0.39 is 0 Å². The fourth-order valence-electron chi connectivity index (χ4n) is 3.60. The summed E-state index contributed by atoms with van der Waals surface area (Å²) in [6.07, 6.45) is 2.75. The van der Waals surface area contributed by atoms with Crippen LogP contribution in [-0.4, -0.2) is 36.4 Å². The zero-order valence-electron chi connectivity index (χ0n) is 14.8. The summed E-state index contributed by atoms with van der Waals surface area (Å²) in [6.45, 7) is 10.1. The van der Waals surface area contributed by atoms with Crippen LogP contribution in [0.2, 0.25) is 0 Å². The molecule has 4 nitrogen and oxygen atoms in total. The smallest absolute Gasteiger partial charge is 0.226 e. The number of amides is 1. The summed E-state index contributed by atoms with van der Waals surface area (Å²) < 4.78 is 0. The van der Waals surface area contributed by atoms with Gasteiger partial charge in [-0.15, -0.1) is 0 Å². The highest BCUT2D eigenvalue weighted by Gasteiger charge is 2.32. The second kappa shape index (κ2) is 6.67. The normalized spacial score (nSPS) is 14.7. The van der Waals surface area contributed by atoms with E-state index in [1.807, 2.05) is 25.2 Å². The van der Waals surface area contributed by atoms with Gasteiger partial charge in [-0.3, -0.25) is 4.79 Å². The van der Waals surface area contributed by atoms with Crippen LogP contribution in [0, 0.1) is 17.8 Å². The Morgan fingerprint density at radius 3 is 2.41 bits per heavy atom. The molecular weight excluding hydrogens is 274 g/mol. The third kappa shape index (κ3) is 3.26. The highest BCUT2D eigenvalue weighted by atomic mass is 16.2. The molecule has 1 aliphatic heterocycles. The summed E-state index contributed by atoms with van der Waals surface area (Å²) in [6, 6.07) is 2.06. The van der Waals surface area contributed by atoms with Crippen molar-refractivity contribution in [3.8, 4) is 0 Å². The average molecular weight is 303 g/mol. The largest absolute Gasteiger partial charge is 0.363 e. The Bertz CT molecular complexity index is 529. The Balaban J connectivity index is 2.22. The molecule has 2 heterocycles. The third-order valence-corrected chi connectivity index (χ3v) is 4.58.